The third-order valence-electron chi connectivity index (χ3n) is 3.55. The Balaban J connectivity index is 2.25. The van der Waals surface area contributed by atoms with Gasteiger partial charge in [0, 0.05) is 14.2 Å². The van der Waals surface area contributed by atoms with Crippen molar-refractivity contribution in [2.75, 3.05) is 14.2 Å². The molecule has 21 heavy (non-hydrogen) atoms. The van der Waals surface area contributed by atoms with Gasteiger partial charge in [-0.2, -0.15) is 0 Å². The van der Waals surface area contributed by atoms with E-state index in [2.05, 4.69) is 0 Å². The van der Waals surface area contributed by atoms with Crippen LogP contribution in [0.25, 0.3) is 10.8 Å². The van der Waals surface area contributed by atoms with Crippen molar-refractivity contribution in [1.29, 1.82) is 0 Å². The van der Waals surface area contributed by atoms with E-state index in [0.717, 1.165) is 21.9 Å². The minimum absolute atomic E-state index is 0.0746. The van der Waals surface area contributed by atoms with Gasteiger partial charge in [-0.3, -0.25) is 9.13 Å². The van der Waals surface area contributed by atoms with Crippen molar-refractivity contribution in [3.8, 4) is 0 Å². The summed E-state index contributed by atoms with van der Waals surface area (Å²) in [5.74, 6) is 0. The van der Waals surface area contributed by atoms with Crippen molar-refractivity contribution in [3.63, 3.8) is 0 Å². The number of rotatable bonds is 2. The molecule has 0 aromatic heterocycles. The second-order valence-electron chi connectivity index (χ2n) is 4.96. The fraction of sp³-hybridized carbons (Fsp3) is 0.286. The molecule has 7 heteroatoms. The second kappa shape index (κ2) is 5.35. The molecular weight excluding hydrogens is 310 g/mol. The molecule has 3 rings (SSSR count). The van der Waals surface area contributed by atoms with Gasteiger partial charge in [-0.25, -0.2) is 4.31 Å². The molecule has 0 amide bonds. The van der Waals surface area contributed by atoms with Crippen LogP contribution >= 0.6 is 15.2 Å². The van der Waals surface area contributed by atoms with Crippen molar-refractivity contribution in [2.45, 2.75) is 12.3 Å². The van der Waals surface area contributed by atoms with Crippen LogP contribution in [0.2, 0.25) is 0 Å². The molecule has 112 valence electrons. The van der Waals surface area contributed by atoms with Gasteiger partial charge in [0.2, 0.25) is 0 Å². The van der Waals surface area contributed by atoms with Crippen LogP contribution in [0.4, 0.5) is 0 Å². The topological polar surface area (TPSA) is 61.8 Å². The van der Waals surface area contributed by atoms with Crippen LogP contribution in [0.15, 0.2) is 36.4 Å². The highest BCUT2D eigenvalue weighted by Gasteiger charge is 2.38. The molecule has 2 aromatic carbocycles. The Morgan fingerprint density at radius 2 is 1.67 bits per heavy atom. The lowest BCUT2D eigenvalue weighted by molar-refractivity contribution is 0.274. The van der Waals surface area contributed by atoms with E-state index >= 15 is 0 Å². The van der Waals surface area contributed by atoms with Crippen molar-refractivity contribution >= 4 is 26.0 Å². The molecule has 5 nitrogen and oxygen atoms in total. The zero-order valence-corrected chi connectivity index (χ0v) is 13.6. The summed E-state index contributed by atoms with van der Waals surface area (Å²) in [6.45, 7) is 0. The highest BCUT2D eigenvalue weighted by atomic mass is 31.3. The van der Waals surface area contributed by atoms with Crippen LogP contribution in [0.5, 0.6) is 0 Å². The van der Waals surface area contributed by atoms with Crippen LogP contribution in [-0.4, -0.2) is 14.2 Å². The lowest BCUT2D eigenvalue weighted by Gasteiger charge is -2.26. The number of benzene rings is 2. The summed E-state index contributed by atoms with van der Waals surface area (Å²) in [4.78, 5) is 0. The average Bonchev–Trinajstić information content (AvgIpc) is 2.46. The Morgan fingerprint density at radius 1 is 1.00 bits per heavy atom. The molecule has 0 radical (unpaired) electrons. The highest BCUT2D eigenvalue weighted by Crippen LogP contribution is 2.68. The van der Waals surface area contributed by atoms with Gasteiger partial charge < -0.3 is 9.05 Å². The Kier molecular flexibility index (Phi) is 3.81. The van der Waals surface area contributed by atoms with E-state index in [0.29, 0.717) is 0 Å². The molecule has 2 atom stereocenters. The van der Waals surface area contributed by atoms with Gasteiger partial charge >= 0.3 is 15.2 Å². The summed E-state index contributed by atoms with van der Waals surface area (Å²) in [5, 5.41) is 2.01. The summed E-state index contributed by atoms with van der Waals surface area (Å²) in [5.41, 5.74) is 1.71. The third-order valence-corrected chi connectivity index (χ3v) is 8.14. The Morgan fingerprint density at radius 3 is 2.38 bits per heavy atom. The van der Waals surface area contributed by atoms with E-state index in [1.165, 1.54) is 14.2 Å². The van der Waals surface area contributed by atoms with Crippen LogP contribution in [0, 0.1) is 0 Å². The Labute approximate surface area is 123 Å². The molecule has 1 aliphatic heterocycles. The predicted molar refractivity (Wildman–Crippen MR) is 81.7 cm³/mol. The summed E-state index contributed by atoms with van der Waals surface area (Å²) >= 11 is 0. The lowest BCUT2D eigenvalue weighted by Crippen LogP contribution is -2.04. The van der Waals surface area contributed by atoms with Crippen molar-refractivity contribution in [3.05, 3.63) is 47.5 Å². The van der Waals surface area contributed by atoms with E-state index in [1.54, 1.807) is 0 Å². The summed E-state index contributed by atoms with van der Waals surface area (Å²) in [6.07, 6.45) is 0.153. The van der Waals surface area contributed by atoms with Gasteiger partial charge in [-0.05, 0) is 21.9 Å². The zero-order valence-electron chi connectivity index (χ0n) is 11.8. The molecule has 2 unspecified atom stereocenters. The van der Waals surface area contributed by atoms with Crippen LogP contribution in [0.3, 0.4) is 0 Å². The summed E-state index contributed by atoms with van der Waals surface area (Å²) < 4.78 is 40.6. The van der Waals surface area contributed by atoms with E-state index in [4.69, 9.17) is 13.4 Å². The predicted octanol–water partition coefficient (Wildman–Crippen LogP) is 4.55. The summed E-state index contributed by atoms with van der Waals surface area (Å²) in [7, 11) is -4.39. The third kappa shape index (κ3) is 2.85. The largest absolute Gasteiger partial charge is 0.341 e. The Hall–Kier alpha value is -0.960. The van der Waals surface area contributed by atoms with Gasteiger partial charge in [-0.15, -0.1) is 0 Å². The maximum absolute atomic E-state index is 12.7. The monoisotopic (exact) mass is 326 g/mol. The first-order valence-corrected chi connectivity index (χ1v) is 9.94. The minimum atomic E-state index is -3.51. The molecule has 2 bridgehead atoms. The molecule has 0 aliphatic carbocycles. The first kappa shape index (κ1) is 15.0. The normalized spacial score (nSPS) is 29.0. The molecule has 0 saturated heterocycles. The zero-order chi connectivity index (χ0) is 15.1. The van der Waals surface area contributed by atoms with Crippen molar-refractivity contribution in [1.82, 2.24) is 0 Å². The maximum atomic E-state index is 12.7. The van der Waals surface area contributed by atoms with E-state index in [-0.39, 0.29) is 12.3 Å². The van der Waals surface area contributed by atoms with Gasteiger partial charge in [0.25, 0.3) is 0 Å². The average molecular weight is 326 g/mol. The molecular formula is C14H16O5P2. The number of fused-ring (bicyclic) bond motifs is 4. The Bertz CT molecular complexity index is 786. The van der Waals surface area contributed by atoms with Gasteiger partial charge in [0.05, 0.1) is 12.3 Å². The fourth-order valence-electron chi connectivity index (χ4n) is 2.56. The molecule has 0 saturated carbocycles. The van der Waals surface area contributed by atoms with E-state index < -0.39 is 15.2 Å². The van der Waals surface area contributed by atoms with Crippen molar-refractivity contribution in [2.24, 2.45) is 0 Å². The second-order valence-corrected chi connectivity index (χ2v) is 9.42. The molecule has 1 heterocycles. The lowest BCUT2D eigenvalue weighted by atomic mass is 10.0. The van der Waals surface area contributed by atoms with Gasteiger partial charge in [-0.1, -0.05) is 36.4 Å². The smallest absolute Gasteiger partial charge is 0.311 e. The first-order valence-electron chi connectivity index (χ1n) is 6.48. The maximum Gasteiger partial charge on any atom is 0.341 e. The summed E-state index contributed by atoms with van der Waals surface area (Å²) in [6, 6.07) is 11.7. The number of hydrogen-bond donors (Lipinski definition) is 0. The van der Waals surface area contributed by atoms with Gasteiger partial charge in [0.1, 0.15) is 0 Å². The molecule has 0 spiro atoms. The van der Waals surface area contributed by atoms with E-state index in [9.17, 15) is 9.13 Å². The molecule has 2 aromatic rings. The highest BCUT2D eigenvalue weighted by molar-refractivity contribution is 7.66. The molecule has 0 fully saturated rings. The minimum Gasteiger partial charge on any atom is -0.311 e. The van der Waals surface area contributed by atoms with Crippen LogP contribution in [-0.2, 0) is 34.8 Å². The number of hydrogen-bond acceptors (Lipinski definition) is 5. The molecule has 0 N–H and O–H groups in total. The van der Waals surface area contributed by atoms with E-state index in [1.807, 2.05) is 36.4 Å². The van der Waals surface area contributed by atoms with Crippen LogP contribution in [0.1, 0.15) is 11.1 Å². The van der Waals surface area contributed by atoms with Crippen LogP contribution < -0.4 is 0 Å². The standard InChI is InChI=1S/C14H16O5P2/c1-17-20(15)9-11-7-12-5-3-4-6-14(12)13(8-11)10-21(16,18-2)19-20/h3-8H,9-10H2,1-2H3. The quantitative estimate of drug-likeness (QED) is 0.758. The van der Waals surface area contributed by atoms with Crippen molar-refractivity contribution < 1.29 is 22.5 Å². The SMILES string of the molecule is COP1(=O)Cc2cc(c3ccccc3c2)CP(=O)(OC)O1. The fourth-order valence-corrected chi connectivity index (χ4v) is 6.63. The first-order chi connectivity index (χ1) is 9.97. The van der Waals surface area contributed by atoms with Gasteiger partial charge in [0.15, 0.2) is 0 Å². The molecule has 1 aliphatic rings.